The van der Waals surface area contributed by atoms with Gasteiger partial charge < -0.3 is 40.9 Å². The van der Waals surface area contributed by atoms with Crippen LogP contribution in [0.2, 0.25) is 0 Å². The Bertz CT molecular complexity index is 466. The van der Waals surface area contributed by atoms with Crippen molar-refractivity contribution in [3.8, 4) is 0 Å². The Labute approximate surface area is 120 Å². The second-order valence-corrected chi connectivity index (χ2v) is 6.34. The molecule has 1 aliphatic heterocycles. The van der Waals surface area contributed by atoms with E-state index in [1.54, 1.807) is 6.92 Å². The molecule has 0 fully saturated rings. The monoisotopic (exact) mass is 325 g/mol. The molecule has 0 amide bonds. The Balaban J connectivity index is 3.10. The summed E-state index contributed by atoms with van der Waals surface area (Å²) < 4.78 is 16.4. The number of hydrogen-bond donors (Lipinski definition) is 8. The molecule has 0 aromatic carbocycles. The van der Waals surface area contributed by atoms with E-state index in [4.69, 9.17) is 21.0 Å². The molecule has 0 radical (unpaired) electrons. The fourth-order valence-electron chi connectivity index (χ4n) is 2.02. The summed E-state index contributed by atoms with van der Waals surface area (Å²) >= 11 is 0. The molecule has 1 aliphatic rings. The van der Waals surface area contributed by atoms with Gasteiger partial charge in [-0.1, -0.05) is 6.92 Å². The van der Waals surface area contributed by atoms with Crippen molar-refractivity contribution in [2.24, 2.45) is 11.7 Å². The van der Waals surface area contributed by atoms with E-state index in [9.17, 15) is 24.6 Å². The number of nitrogens with one attached hydrogen (secondary N) is 2. The highest BCUT2D eigenvalue weighted by atomic mass is 31.2. The molecule has 0 bridgehead atoms. The second-order valence-electron chi connectivity index (χ2n) is 4.81. The van der Waals surface area contributed by atoms with Crippen LogP contribution in [-0.2, 0) is 9.30 Å². The Morgan fingerprint density at radius 2 is 2.14 bits per heavy atom. The lowest BCUT2D eigenvalue weighted by Gasteiger charge is -2.39. The Hall–Kier alpha value is -1.16. The summed E-state index contributed by atoms with van der Waals surface area (Å²) in [6.07, 6.45) is -3.22. The molecule has 0 aliphatic carbocycles. The maximum absolute atomic E-state index is 11.3. The Kier molecular flexibility index (Phi) is 5.74. The molecule has 11 heteroatoms. The van der Waals surface area contributed by atoms with Crippen LogP contribution in [0.4, 0.5) is 0 Å². The molecule has 0 aromatic heterocycles. The third kappa shape index (κ3) is 4.40. The van der Waals surface area contributed by atoms with Crippen LogP contribution < -0.4 is 11.1 Å². The van der Waals surface area contributed by atoms with Crippen molar-refractivity contribution in [3.63, 3.8) is 0 Å². The van der Waals surface area contributed by atoms with E-state index in [2.05, 4.69) is 5.32 Å². The molecule has 122 valence electrons. The van der Waals surface area contributed by atoms with E-state index in [1.807, 2.05) is 0 Å². The van der Waals surface area contributed by atoms with Crippen LogP contribution in [0.25, 0.3) is 0 Å². The summed E-state index contributed by atoms with van der Waals surface area (Å²) in [6, 6.07) is -0.788. The van der Waals surface area contributed by atoms with Crippen LogP contribution >= 0.6 is 7.60 Å². The first kappa shape index (κ1) is 17.9. The van der Waals surface area contributed by atoms with Gasteiger partial charge in [0, 0.05) is 5.92 Å². The summed E-state index contributed by atoms with van der Waals surface area (Å²) in [6.45, 7) is 0.832. The SMILES string of the molecule is C[C@H]1[C@H]([C@H](O)[C@H](O)CO)OC(P(=O)(O)O)=C[C@@H]1NC(=N)N. The van der Waals surface area contributed by atoms with Gasteiger partial charge in [0.05, 0.1) is 12.6 Å². The van der Waals surface area contributed by atoms with Gasteiger partial charge in [0.25, 0.3) is 0 Å². The van der Waals surface area contributed by atoms with Crippen molar-refractivity contribution in [2.45, 2.75) is 31.3 Å². The van der Waals surface area contributed by atoms with Crippen molar-refractivity contribution < 1.29 is 34.4 Å². The minimum absolute atomic E-state index is 0.425. The maximum atomic E-state index is 11.3. The first-order valence-electron chi connectivity index (χ1n) is 6.10. The van der Waals surface area contributed by atoms with Crippen LogP contribution in [0.3, 0.4) is 0 Å². The van der Waals surface area contributed by atoms with E-state index < -0.39 is 55.9 Å². The number of guanidine groups is 1. The zero-order valence-corrected chi connectivity index (χ0v) is 12.1. The minimum Gasteiger partial charge on any atom is -0.479 e. The fraction of sp³-hybridized carbons (Fsp3) is 0.700. The normalized spacial score (nSPS) is 29.0. The lowest BCUT2D eigenvalue weighted by molar-refractivity contribution is -0.107. The molecule has 10 nitrogen and oxygen atoms in total. The zero-order chi connectivity index (χ0) is 16.4. The summed E-state index contributed by atoms with van der Waals surface area (Å²) in [7, 11) is -4.73. The molecule has 5 atom stereocenters. The first-order valence-corrected chi connectivity index (χ1v) is 7.71. The molecule has 0 spiro atoms. The second kappa shape index (κ2) is 6.73. The molecular formula is C10H20N3O7P. The van der Waals surface area contributed by atoms with E-state index >= 15 is 0 Å². The lowest BCUT2D eigenvalue weighted by atomic mass is 9.88. The average Bonchev–Trinajstić information content (AvgIpc) is 2.37. The van der Waals surface area contributed by atoms with Gasteiger partial charge >= 0.3 is 7.60 Å². The standard InChI is InChI=1S/C10H20N3O7P/c1-4-5(13-10(11)12)2-7(21(17,18)19)20-9(4)8(16)6(15)3-14/h2,4-6,8-9,14-16H,3H2,1H3,(H4,11,12,13)(H2,17,18,19)/t4-,5+,6-,8-,9-/m1/s1. The molecule has 0 saturated heterocycles. The molecule has 0 saturated carbocycles. The smallest absolute Gasteiger partial charge is 0.390 e. The van der Waals surface area contributed by atoms with Gasteiger partial charge in [-0.25, -0.2) is 0 Å². The zero-order valence-electron chi connectivity index (χ0n) is 11.2. The average molecular weight is 325 g/mol. The quantitative estimate of drug-likeness (QED) is 0.155. The summed E-state index contributed by atoms with van der Waals surface area (Å²) in [4.78, 5) is 18.4. The number of nitrogens with two attached hydrogens (primary N) is 1. The van der Waals surface area contributed by atoms with Crippen molar-refractivity contribution in [3.05, 3.63) is 11.6 Å². The third-order valence-corrected chi connectivity index (χ3v) is 4.02. The Morgan fingerprint density at radius 3 is 2.57 bits per heavy atom. The van der Waals surface area contributed by atoms with E-state index in [0.29, 0.717) is 0 Å². The van der Waals surface area contributed by atoms with Crippen molar-refractivity contribution in [2.75, 3.05) is 6.61 Å². The number of hydrogen-bond acceptors (Lipinski definition) is 6. The predicted molar refractivity (Wildman–Crippen MR) is 72.1 cm³/mol. The van der Waals surface area contributed by atoms with Crippen LogP contribution in [-0.4, -0.2) is 62.0 Å². The van der Waals surface area contributed by atoms with Gasteiger partial charge in [0.2, 0.25) is 5.50 Å². The number of aliphatic hydroxyl groups excluding tert-OH is 3. The largest absolute Gasteiger partial charge is 0.479 e. The van der Waals surface area contributed by atoms with Crippen molar-refractivity contribution in [1.82, 2.24) is 5.32 Å². The molecular weight excluding hydrogens is 305 g/mol. The lowest BCUT2D eigenvalue weighted by Crippen LogP contribution is -2.53. The number of rotatable bonds is 5. The molecule has 9 N–H and O–H groups in total. The topological polar surface area (TPSA) is 189 Å². The third-order valence-electron chi connectivity index (χ3n) is 3.19. The van der Waals surface area contributed by atoms with Crippen LogP contribution in [0.1, 0.15) is 6.92 Å². The predicted octanol–water partition coefficient (Wildman–Crippen LogP) is -2.39. The van der Waals surface area contributed by atoms with Crippen LogP contribution in [0.5, 0.6) is 0 Å². The molecule has 1 heterocycles. The first-order chi connectivity index (χ1) is 9.57. The van der Waals surface area contributed by atoms with Crippen molar-refractivity contribution >= 4 is 13.6 Å². The minimum atomic E-state index is -4.73. The van der Waals surface area contributed by atoms with Gasteiger partial charge in [-0.15, -0.1) is 0 Å². The molecule has 21 heavy (non-hydrogen) atoms. The van der Waals surface area contributed by atoms with E-state index in [0.717, 1.165) is 6.08 Å². The maximum Gasteiger partial charge on any atom is 0.390 e. The fourth-order valence-corrected chi connectivity index (χ4v) is 2.64. The number of ether oxygens (including phenoxy) is 1. The highest BCUT2D eigenvalue weighted by Crippen LogP contribution is 2.49. The molecule has 1 rings (SSSR count). The van der Waals surface area contributed by atoms with Gasteiger partial charge in [0.15, 0.2) is 5.96 Å². The Morgan fingerprint density at radius 1 is 1.57 bits per heavy atom. The van der Waals surface area contributed by atoms with Crippen LogP contribution in [0, 0.1) is 11.3 Å². The summed E-state index contributed by atoms with van der Waals surface area (Å²) in [5.41, 5.74) is 4.52. The molecule has 0 aromatic rings. The highest BCUT2D eigenvalue weighted by molar-refractivity contribution is 7.56. The van der Waals surface area contributed by atoms with Gasteiger partial charge in [-0.2, -0.15) is 0 Å². The van der Waals surface area contributed by atoms with Gasteiger partial charge in [-0.05, 0) is 6.08 Å². The molecule has 0 unspecified atom stereocenters. The highest BCUT2D eigenvalue weighted by Gasteiger charge is 2.42. The van der Waals surface area contributed by atoms with E-state index in [1.165, 1.54) is 0 Å². The van der Waals surface area contributed by atoms with Crippen LogP contribution in [0.15, 0.2) is 11.6 Å². The number of aliphatic hydroxyl groups is 3. The van der Waals surface area contributed by atoms with E-state index in [-0.39, 0.29) is 0 Å². The van der Waals surface area contributed by atoms with Gasteiger partial charge in [0.1, 0.15) is 18.3 Å². The van der Waals surface area contributed by atoms with Gasteiger partial charge in [-0.3, -0.25) is 9.97 Å². The van der Waals surface area contributed by atoms with Crippen molar-refractivity contribution in [1.29, 1.82) is 5.41 Å². The summed E-state index contributed by atoms with van der Waals surface area (Å²) in [5.74, 6) is -1.01. The summed E-state index contributed by atoms with van der Waals surface area (Å²) in [5, 5.41) is 37.9.